The average Bonchev–Trinajstić information content (AvgIpc) is 3.12. The van der Waals surface area contributed by atoms with Crippen LogP contribution in [0.25, 0.3) is 0 Å². The van der Waals surface area contributed by atoms with Gasteiger partial charge in [0, 0.05) is 18.0 Å². The molecule has 1 aromatic rings. The van der Waals surface area contributed by atoms with Gasteiger partial charge in [-0.1, -0.05) is 12.1 Å². The fourth-order valence-electron chi connectivity index (χ4n) is 2.79. The molecule has 3 rings (SSSR count). The van der Waals surface area contributed by atoms with E-state index in [0.717, 1.165) is 23.4 Å². The highest BCUT2D eigenvalue weighted by Gasteiger charge is 2.32. The lowest BCUT2D eigenvalue weighted by Gasteiger charge is -2.19. The monoisotopic (exact) mass is 274 g/mol. The molecule has 20 heavy (non-hydrogen) atoms. The molecule has 0 bridgehead atoms. The standard InChI is InChI=1S/C16H22N2O2/c1-10(11-7-8-11)17-15(19)18-13-6-4-5-12-9-16(2,3)20-14(12)13/h4-6,10-11H,7-9H2,1-3H3,(H2,17,18,19). The third-order valence-corrected chi connectivity index (χ3v) is 4.03. The number of carbonyl (C=O) groups excluding carboxylic acids is 1. The van der Waals surface area contributed by atoms with Crippen molar-refractivity contribution in [1.82, 2.24) is 5.32 Å². The van der Waals surface area contributed by atoms with Gasteiger partial charge in [0.05, 0.1) is 5.69 Å². The quantitative estimate of drug-likeness (QED) is 0.888. The predicted molar refractivity (Wildman–Crippen MR) is 79.2 cm³/mol. The molecule has 1 unspecified atom stereocenters. The molecule has 1 atom stereocenters. The molecule has 108 valence electrons. The number of hydrogen-bond acceptors (Lipinski definition) is 2. The van der Waals surface area contributed by atoms with Gasteiger partial charge in [-0.25, -0.2) is 4.79 Å². The summed E-state index contributed by atoms with van der Waals surface area (Å²) in [5.41, 5.74) is 1.72. The summed E-state index contributed by atoms with van der Waals surface area (Å²) in [7, 11) is 0. The molecular weight excluding hydrogens is 252 g/mol. The van der Waals surface area contributed by atoms with E-state index in [4.69, 9.17) is 4.74 Å². The lowest BCUT2D eigenvalue weighted by atomic mass is 10.0. The second kappa shape index (κ2) is 4.69. The van der Waals surface area contributed by atoms with Gasteiger partial charge in [0.25, 0.3) is 0 Å². The Balaban J connectivity index is 1.69. The Bertz CT molecular complexity index is 535. The van der Waals surface area contributed by atoms with Crippen LogP contribution < -0.4 is 15.4 Å². The van der Waals surface area contributed by atoms with E-state index in [9.17, 15) is 4.79 Å². The highest BCUT2D eigenvalue weighted by molar-refractivity contribution is 5.91. The van der Waals surface area contributed by atoms with Gasteiger partial charge in [0.2, 0.25) is 0 Å². The number of nitrogens with one attached hydrogen (secondary N) is 2. The van der Waals surface area contributed by atoms with Gasteiger partial charge in [-0.2, -0.15) is 0 Å². The zero-order valence-corrected chi connectivity index (χ0v) is 12.3. The van der Waals surface area contributed by atoms with Gasteiger partial charge >= 0.3 is 6.03 Å². The van der Waals surface area contributed by atoms with Crippen molar-refractivity contribution in [2.45, 2.75) is 51.7 Å². The maximum Gasteiger partial charge on any atom is 0.319 e. The van der Waals surface area contributed by atoms with Gasteiger partial charge in [0.1, 0.15) is 11.4 Å². The van der Waals surface area contributed by atoms with Gasteiger partial charge in [-0.3, -0.25) is 0 Å². The van der Waals surface area contributed by atoms with Crippen molar-refractivity contribution in [2.24, 2.45) is 5.92 Å². The molecule has 2 amide bonds. The Kier molecular flexibility index (Phi) is 3.11. The minimum absolute atomic E-state index is 0.147. The average molecular weight is 274 g/mol. The predicted octanol–water partition coefficient (Wildman–Crippen LogP) is 3.32. The summed E-state index contributed by atoms with van der Waals surface area (Å²) >= 11 is 0. The van der Waals surface area contributed by atoms with E-state index in [-0.39, 0.29) is 17.7 Å². The molecule has 1 fully saturated rings. The van der Waals surface area contributed by atoms with Crippen LogP contribution >= 0.6 is 0 Å². The second-order valence-electron chi connectivity index (χ2n) is 6.56. The molecule has 1 heterocycles. The number of carbonyl (C=O) groups is 1. The van der Waals surface area contributed by atoms with Gasteiger partial charge in [0.15, 0.2) is 0 Å². The van der Waals surface area contributed by atoms with Crippen LogP contribution in [0, 0.1) is 5.92 Å². The lowest BCUT2D eigenvalue weighted by molar-refractivity contribution is 0.139. The highest BCUT2D eigenvalue weighted by atomic mass is 16.5. The number of fused-ring (bicyclic) bond motifs is 1. The summed E-state index contributed by atoms with van der Waals surface area (Å²) in [6.07, 6.45) is 3.32. The number of para-hydroxylation sites is 1. The molecule has 0 aromatic heterocycles. The molecule has 1 aliphatic carbocycles. The highest BCUT2D eigenvalue weighted by Crippen LogP contribution is 2.40. The Hall–Kier alpha value is -1.71. The summed E-state index contributed by atoms with van der Waals surface area (Å²) in [5, 5.41) is 5.92. The molecular formula is C16H22N2O2. The first-order valence-corrected chi connectivity index (χ1v) is 7.33. The van der Waals surface area contributed by atoms with Crippen LogP contribution in [-0.4, -0.2) is 17.7 Å². The second-order valence-corrected chi connectivity index (χ2v) is 6.56. The summed E-state index contributed by atoms with van der Waals surface area (Å²) in [4.78, 5) is 12.0. The minimum Gasteiger partial charge on any atom is -0.485 e. The van der Waals surface area contributed by atoms with Crippen LogP contribution in [0.4, 0.5) is 10.5 Å². The lowest BCUT2D eigenvalue weighted by Crippen LogP contribution is -2.37. The molecule has 0 saturated heterocycles. The largest absolute Gasteiger partial charge is 0.485 e. The van der Waals surface area contributed by atoms with Crippen LogP contribution in [0.15, 0.2) is 18.2 Å². The van der Waals surface area contributed by atoms with Gasteiger partial charge in [-0.15, -0.1) is 0 Å². The van der Waals surface area contributed by atoms with Crippen molar-refractivity contribution in [3.8, 4) is 5.75 Å². The van der Waals surface area contributed by atoms with E-state index < -0.39 is 0 Å². The van der Waals surface area contributed by atoms with Crippen LogP contribution in [-0.2, 0) is 6.42 Å². The number of rotatable bonds is 3. The summed E-state index contributed by atoms with van der Waals surface area (Å²) in [5.74, 6) is 1.46. The maximum absolute atomic E-state index is 12.0. The van der Waals surface area contributed by atoms with E-state index in [1.54, 1.807) is 0 Å². The van der Waals surface area contributed by atoms with Crippen LogP contribution in [0.2, 0.25) is 0 Å². The first-order chi connectivity index (χ1) is 9.44. The zero-order chi connectivity index (χ0) is 14.3. The Labute approximate surface area is 119 Å². The molecule has 2 N–H and O–H groups in total. The smallest absolute Gasteiger partial charge is 0.319 e. The first-order valence-electron chi connectivity index (χ1n) is 7.33. The molecule has 4 nitrogen and oxygen atoms in total. The topological polar surface area (TPSA) is 50.4 Å². The van der Waals surface area contributed by atoms with Gasteiger partial charge < -0.3 is 15.4 Å². The Morgan fingerprint density at radius 1 is 1.40 bits per heavy atom. The van der Waals surface area contributed by atoms with Crippen LogP contribution in [0.3, 0.4) is 0 Å². The first kappa shape index (κ1) is 13.3. The molecule has 2 aliphatic rings. The number of ether oxygens (including phenoxy) is 1. The fraction of sp³-hybridized carbons (Fsp3) is 0.562. The molecule has 1 aromatic carbocycles. The third kappa shape index (κ3) is 2.74. The van der Waals surface area contributed by atoms with E-state index in [1.807, 2.05) is 12.1 Å². The molecule has 0 radical (unpaired) electrons. The summed E-state index contributed by atoms with van der Waals surface area (Å²) < 4.78 is 5.95. The third-order valence-electron chi connectivity index (χ3n) is 4.03. The van der Waals surface area contributed by atoms with Crippen molar-refractivity contribution >= 4 is 11.7 Å². The summed E-state index contributed by atoms with van der Waals surface area (Å²) in [6, 6.07) is 6.00. The maximum atomic E-state index is 12.0. The Morgan fingerprint density at radius 2 is 2.15 bits per heavy atom. The van der Waals surface area contributed by atoms with Crippen molar-refractivity contribution in [3.63, 3.8) is 0 Å². The number of urea groups is 1. The van der Waals surface area contributed by atoms with Crippen molar-refractivity contribution < 1.29 is 9.53 Å². The minimum atomic E-state index is -0.197. The molecule has 0 spiro atoms. The van der Waals surface area contributed by atoms with Crippen LogP contribution in [0.1, 0.15) is 39.2 Å². The van der Waals surface area contributed by atoms with E-state index >= 15 is 0 Å². The fourth-order valence-corrected chi connectivity index (χ4v) is 2.79. The van der Waals surface area contributed by atoms with E-state index in [2.05, 4.69) is 37.5 Å². The van der Waals surface area contributed by atoms with Crippen molar-refractivity contribution in [3.05, 3.63) is 23.8 Å². The molecule has 1 saturated carbocycles. The normalized spacial score (nSPS) is 20.8. The number of amides is 2. The van der Waals surface area contributed by atoms with Crippen LogP contribution in [0.5, 0.6) is 5.75 Å². The summed E-state index contributed by atoms with van der Waals surface area (Å²) in [6.45, 7) is 6.18. The van der Waals surface area contributed by atoms with Crippen molar-refractivity contribution in [1.29, 1.82) is 0 Å². The van der Waals surface area contributed by atoms with E-state index in [0.29, 0.717) is 5.92 Å². The number of anilines is 1. The Morgan fingerprint density at radius 3 is 2.85 bits per heavy atom. The van der Waals surface area contributed by atoms with E-state index in [1.165, 1.54) is 12.8 Å². The van der Waals surface area contributed by atoms with Crippen molar-refractivity contribution in [2.75, 3.05) is 5.32 Å². The van der Waals surface area contributed by atoms with Gasteiger partial charge in [-0.05, 0) is 45.6 Å². The SMILES string of the molecule is CC(NC(=O)Nc1cccc2c1OC(C)(C)C2)C1CC1. The number of hydrogen-bond donors (Lipinski definition) is 2. The zero-order valence-electron chi connectivity index (χ0n) is 12.3. The molecule has 4 heteroatoms. The molecule has 1 aliphatic heterocycles. The number of benzene rings is 1.